The van der Waals surface area contributed by atoms with E-state index in [9.17, 15) is 4.79 Å². The molecule has 2 heterocycles. The van der Waals surface area contributed by atoms with Crippen molar-refractivity contribution in [1.82, 2.24) is 23.6 Å². The van der Waals surface area contributed by atoms with E-state index in [1.54, 1.807) is 9.13 Å². The number of hydrogen-bond acceptors (Lipinski definition) is 4. The van der Waals surface area contributed by atoms with Crippen molar-refractivity contribution in [3.63, 3.8) is 0 Å². The number of rotatable bonds is 9. The standard InChI is InChI=1S/C25H32N6O/c1-27(2)22-9-6-20(7-10-22)17-31(14-5-13-30-15-12-26-19-30)18-21-8-11-23-24(16-21)29(4)25(32)28(23)3/h6-12,15-16,19H,5,13-14,17-18H2,1-4H3. The number of imidazole rings is 2. The minimum atomic E-state index is 0.00956. The Kier molecular flexibility index (Phi) is 6.46. The van der Waals surface area contributed by atoms with Gasteiger partial charge in [-0.2, -0.15) is 0 Å². The first-order chi connectivity index (χ1) is 15.4. The van der Waals surface area contributed by atoms with Gasteiger partial charge in [-0.3, -0.25) is 14.0 Å². The van der Waals surface area contributed by atoms with E-state index in [-0.39, 0.29) is 5.69 Å². The number of aromatic nitrogens is 4. The van der Waals surface area contributed by atoms with Crippen LogP contribution in [-0.4, -0.2) is 44.2 Å². The second kappa shape index (κ2) is 9.44. The topological polar surface area (TPSA) is 51.2 Å². The fraction of sp³-hybridized carbons (Fsp3) is 0.360. The van der Waals surface area contributed by atoms with Crippen molar-refractivity contribution in [2.45, 2.75) is 26.1 Å². The predicted molar refractivity (Wildman–Crippen MR) is 130 cm³/mol. The van der Waals surface area contributed by atoms with Gasteiger partial charge in [0.05, 0.1) is 17.4 Å². The molecule has 0 aliphatic heterocycles. The second-order valence-electron chi connectivity index (χ2n) is 8.65. The Morgan fingerprint density at radius 2 is 1.59 bits per heavy atom. The first-order valence-electron chi connectivity index (χ1n) is 11.0. The lowest BCUT2D eigenvalue weighted by Crippen LogP contribution is -2.25. The number of fused-ring (bicyclic) bond motifs is 1. The van der Waals surface area contributed by atoms with E-state index in [2.05, 4.69) is 75.9 Å². The van der Waals surface area contributed by atoms with Crippen molar-refractivity contribution in [1.29, 1.82) is 0 Å². The van der Waals surface area contributed by atoms with Gasteiger partial charge in [0.2, 0.25) is 0 Å². The van der Waals surface area contributed by atoms with Crippen LogP contribution >= 0.6 is 0 Å². The lowest BCUT2D eigenvalue weighted by atomic mass is 10.1. The maximum Gasteiger partial charge on any atom is 0.328 e. The van der Waals surface area contributed by atoms with Crippen molar-refractivity contribution in [2.75, 3.05) is 25.5 Å². The molecule has 7 nitrogen and oxygen atoms in total. The third-order valence-corrected chi connectivity index (χ3v) is 6.05. The number of nitrogens with zero attached hydrogens (tertiary/aromatic N) is 6. The zero-order valence-corrected chi connectivity index (χ0v) is 19.4. The van der Waals surface area contributed by atoms with Crippen molar-refractivity contribution in [3.05, 3.63) is 82.8 Å². The SMILES string of the molecule is CN(C)c1ccc(CN(CCCn2ccnc2)Cc2ccc3c(c2)n(C)c(=O)n3C)cc1. The average molecular weight is 433 g/mol. The fourth-order valence-electron chi connectivity index (χ4n) is 4.18. The summed E-state index contributed by atoms with van der Waals surface area (Å²) in [5, 5.41) is 0. The molecule has 0 aliphatic rings. The van der Waals surface area contributed by atoms with Crippen molar-refractivity contribution in [3.8, 4) is 0 Å². The molecule has 0 saturated heterocycles. The largest absolute Gasteiger partial charge is 0.378 e. The molecule has 0 bridgehead atoms. The maximum atomic E-state index is 12.3. The Labute approximate surface area is 189 Å². The monoisotopic (exact) mass is 432 g/mol. The molecule has 0 radical (unpaired) electrons. The number of benzene rings is 2. The van der Waals surface area contributed by atoms with Gasteiger partial charge in [0.15, 0.2) is 0 Å². The van der Waals surface area contributed by atoms with Crippen LogP contribution in [0.5, 0.6) is 0 Å². The minimum Gasteiger partial charge on any atom is -0.378 e. The summed E-state index contributed by atoms with van der Waals surface area (Å²) < 4.78 is 5.55. The molecule has 2 aromatic heterocycles. The van der Waals surface area contributed by atoms with Crippen LogP contribution in [0, 0.1) is 0 Å². The lowest BCUT2D eigenvalue weighted by molar-refractivity contribution is 0.248. The van der Waals surface area contributed by atoms with Crippen LogP contribution in [0.4, 0.5) is 5.69 Å². The normalized spacial score (nSPS) is 11.5. The van der Waals surface area contributed by atoms with Gasteiger partial charge in [0.25, 0.3) is 0 Å². The first kappa shape index (κ1) is 21.9. The van der Waals surface area contributed by atoms with Crippen LogP contribution in [0.1, 0.15) is 17.5 Å². The van der Waals surface area contributed by atoms with E-state index in [1.807, 2.05) is 32.8 Å². The number of hydrogen-bond donors (Lipinski definition) is 0. The Bertz CT molecular complexity index is 1220. The van der Waals surface area contributed by atoms with Gasteiger partial charge in [0.1, 0.15) is 0 Å². The molecule has 0 amide bonds. The maximum absolute atomic E-state index is 12.3. The Morgan fingerprint density at radius 1 is 0.906 bits per heavy atom. The Hall–Kier alpha value is -3.32. The van der Waals surface area contributed by atoms with E-state index in [0.717, 1.165) is 43.6 Å². The van der Waals surface area contributed by atoms with E-state index in [0.29, 0.717) is 0 Å². The highest BCUT2D eigenvalue weighted by Crippen LogP contribution is 2.18. The summed E-state index contributed by atoms with van der Waals surface area (Å²) in [5.41, 5.74) is 5.67. The van der Waals surface area contributed by atoms with Gasteiger partial charge < -0.3 is 9.47 Å². The summed E-state index contributed by atoms with van der Waals surface area (Å²) in [5.74, 6) is 0. The van der Waals surface area contributed by atoms with Crippen LogP contribution in [-0.2, 0) is 33.7 Å². The summed E-state index contributed by atoms with van der Waals surface area (Å²) in [4.78, 5) is 21.0. The number of anilines is 1. The molecular weight excluding hydrogens is 400 g/mol. The molecule has 2 aromatic carbocycles. The van der Waals surface area contributed by atoms with Crippen LogP contribution in [0.2, 0.25) is 0 Å². The smallest absolute Gasteiger partial charge is 0.328 e. The molecule has 4 rings (SSSR count). The molecule has 0 aliphatic carbocycles. The molecular formula is C25H32N6O. The third kappa shape index (κ3) is 4.78. The molecule has 0 N–H and O–H groups in total. The molecule has 32 heavy (non-hydrogen) atoms. The van der Waals surface area contributed by atoms with Gasteiger partial charge in [0, 0.05) is 72.5 Å². The van der Waals surface area contributed by atoms with Gasteiger partial charge in [-0.1, -0.05) is 18.2 Å². The van der Waals surface area contributed by atoms with Gasteiger partial charge in [-0.25, -0.2) is 9.78 Å². The summed E-state index contributed by atoms with van der Waals surface area (Å²) in [7, 11) is 7.78. The van der Waals surface area contributed by atoms with E-state index in [4.69, 9.17) is 0 Å². The van der Waals surface area contributed by atoms with Crippen molar-refractivity contribution in [2.24, 2.45) is 14.1 Å². The molecule has 0 saturated carbocycles. The zero-order chi connectivity index (χ0) is 22.7. The van der Waals surface area contributed by atoms with Crippen molar-refractivity contribution >= 4 is 16.7 Å². The number of aryl methyl sites for hydroxylation is 3. The average Bonchev–Trinajstić information content (AvgIpc) is 3.37. The predicted octanol–water partition coefficient (Wildman–Crippen LogP) is 3.23. The van der Waals surface area contributed by atoms with Crippen LogP contribution in [0.25, 0.3) is 11.0 Å². The Balaban J connectivity index is 1.52. The van der Waals surface area contributed by atoms with Crippen LogP contribution < -0.4 is 10.6 Å². The molecule has 4 aromatic rings. The van der Waals surface area contributed by atoms with E-state index >= 15 is 0 Å². The highest BCUT2D eigenvalue weighted by Gasteiger charge is 2.12. The molecule has 0 fully saturated rings. The lowest BCUT2D eigenvalue weighted by Gasteiger charge is -2.23. The van der Waals surface area contributed by atoms with E-state index < -0.39 is 0 Å². The molecule has 168 valence electrons. The van der Waals surface area contributed by atoms with Crippen LogP contribution in [0.3, 0.4) is 0 Å². The highest BCUT2D eigenvalue weighted by atomic mass is 16.1. The van der Waals surface area contributed by atoms with Gasteiger partial charge in [-0.05, 0) is 41.8 Å². The molecule has 0 unspecified atom stereocenters. The van der Waals surface area contributed by atoms with Gasteiger partial charge in [-0.15, -0.1) is 0 Å². The quantitative estimate of drug-likeness (QED) is 0.408. The Morgan fingerprint density at radius 3 is 2.28 bits per heavy atom. The third-order valence-electron chi connectivity index (χ3n) is 6.05. The fourth-order valence-corrected chi connectivity index (χ4v) is 4.18. The summed E-state index contributed by atoms with van der Waals surface area (Å²) in [6.07, 6.45) is 6.74. The highest BCUT2D eigenvalue weighted by molar-refractivity contribution is 5.76. The van der Waals surface area contributed by atoms with Gasteiger partial charge >= 0.3 is 5.69 Å². The zero-order valence-electron chi connectivity index (χ0n) is 19.4. The summed E-state index contributed by atoms with van der Waals surface area (Å²) >= 11 is 0. The summed E-state index contributed by atoms with van der Waals surface area (Å²) in [6, 6.07) is 15.1. The van der Waals surface area contributed by atoms with Crippen molar-refractivity contribution < 1.29 is 0 Å². The second-order valence-corrected chi connectivity index (χ2v) is 8.65. The first-order valence-corrected chi connectivity index (χ1v) is 11.0. The molecule has 7 heteroatoms. The minimum absolute atomic E-state index is 0.00956. The van der Waals surface area contributed by atoms with Crippen LogP contribution in [0.15, 0.2) is 66.0 Å². The summed E-state index contributed by atoms with van der Waals surface area (Å²) in [6.45, 7) is 3.63. The molecule has 0 spiro atoms. The van der Waals surface area contributed by atoms with E-state index in [1.165, 1.54) is 16.8 Å². The molecule has 0 atom stereocenters.